The quantitative estimate of drug-likeness (QED) is 0.466. The highest BCUT2D eigenvalue weighted by Gasteiger charge is 2.06. The lowest BCUT2D eigenvalue weighted by Gasteiger charge is -2.09. The molecule has 0 saturated heterocycles. The summed E-state index contributed by atoms with van der Waals surface area (Å²) < 4.78 is 0. The maximum Gasteiger partial charge on any atom is 0.142 e. The second kappa shape index (κ2) is 9.67. The third-order valence-electron chi connectivity index (χ3n) is 3.41. The standard InChI is InChI=1S/C18H22N2O.C2H6/c1-4-18(17-10-5-13(2)11-14(17)3)20-21-12-15-6-8-16(19)9-7-15;1-2/h5-11H,4,12,19H2,1-3H3;1-2H3/b20-18+;. The summed E-state index contributed by atoms with van der Waals surface area (Å²) in [5, 5.41) is 4.31. The number of rotatable bonds is 5. The van der Waals surface area contributed by atoms with Gasteiger partial charge in [-0.25, -0.2) is 0 Å². The Bertz CT molecular complexity index is 631. The van der Waals surface area contributed by atoms with Crippen LogP contribution in [-0.2, 0) is 11.4 Å². The fraction of sp³-hybridized carbons (Fsp3) is 0.350. The van der Waals surface area contributed by atoms with Crippen LogP contribution < -0.4 is 5.73 Å². The molecule has 3 nitrogen and oxygen atoms in total. The van der Waals surface area contributed by atoms with Gasteiger partial charge in [-0.3, -0.25) is 0 Å². The van der Waals surface area contributed by atoms with Crippen LogP contribution in [0, 0.1) is 13.8 Å². The minimum Gasteiger partial charge on any atom is -0.399 e. The van der Waals surface area contributed by atoms with Gasteiger partial charge in [0.1, 0.15) is 6.61 Å². The van der Waals surface area contributed by atoms with Gasteiger partial charge in [-0.2, -0.15) is 0 Å². The van der Waals surface area contributed by atoms with Crippen molar-refractivity contribution in [3.8, 4) is 0 Å². The fourth-order valence-corrected chi connectivity index (χ4v) is 2.24. The summed E-state index contributed by atoms with van der Waals surface area (Å²) in [5.74, 6) is 0. The van der Waals surface area contributed by atoms with E-state index < -0.39 is 0 Å². The van der Waals surface area contributed by atoms with Gasteiger partial charge in [0.05, 0.1) is 5.71 Å². The van der Waals surface area contributed by atoms with Gasteiger partial charge in [0.2, 0.25) is 0 Å². The molecule has 0 bridgehead atoms. The average Bonchev–Trinajstić information content (AvgIpc) is 2.56. The van der Waals surface area contributed by atoms with Gasteiger partial charge in [-0.1, -0.05) is 61.8 Å². The largest absolute Gasteiger partial charge is 0.399 e. The topological polar surface area (TPSA) is 47.6 Å². The molecular formula is C20H28N2O. The molecule has 2 rings (SSSR count). The van der Waals surface area contributed by atoms with E-state index in [1.165, 1.54) is 11.1 Å². The molecule has 2 aromatic carbocycles. The monoisotopic (exact) mass is 312 g/mol. The number of nitrogens with two attached hydrogens (primary N) is 1. The van der Waals surface area contributed by atoms with Crippen molar-refractivity contribution in [3.63, 3.8) is 0 Å². The van der Waals surface area contributed by atoms with Crippen LogP contribution in [0.2, 0.25) is 0 Å². The highest BCUT2D eigenvalue weighted by atomic mass is 16.6. The van der Waals surface area contributed by atoms with Crippen LogP contribution in [-0.4, -0.2) is 5.71 Å². The Kier molecular flexibility index (Phi) is 7.89. The molecule has 0 aliphatic carbocycles. The third-order valence-corrected chi connectivity index (χ3v) is 3.41. The summed E-state index contributed by atoms with van der Waals surface area (Å²) in [6.07, 6.45) is 0.839. The van der Waals surface area contributed by atoms with Crippen LogP contribution in [0.15, 0.2) is 47.6 Å². The van der Waals surface area contributed by atoms with Crippen molar-refractivity contribution in [2.45, 2.75) is 47.6 Å². The van der Waals surface area contributed by atoms with Crippen LogP contribution in [0.25, 0.3) is 0 Å². The van der Waals surface area contributed by atoms with Gasteiger partial charge in [0, 0.05) is 11.3 Å². The molecule has 0 aliphatic heterocycles. The summed E-state index contributed by atoms with van der Waals surface area (Å²) in [7, 11) is 0. The Balaban J connectivity index is 0.00000127. The molecule has 0 radical (unpaired) electrons. The molecule has 2 N–H and O–H groups in total. The molecule has 0 fully saturated rings. The Morgan fingerprint density at radius 1 is 1.04 bits per heavy atom. The molecule has 23 heavy (non-hydrogen) atoms. The van der Waals surface area contributed by atoms with E-state index >= 15 is 0 Å². The first-order chi connectivity index (χ1) is 11.1. The zero-order valence-corrected chi connectivity index (χ0v) is 14.9. The summed E-state index contributed by atoms with van der Waals surface area (Å²) in [4.78, 5) is 5.50. The first-order valence-electron chi connectivity index (χ1n) is 8.21. The Labute approximate surface area is 140 Å². The minimum atomic E-state index is 0.453. The SMILES string of the molecule is CC.CC/C(=N\OCc1ccc(N)cc1)c1ccc(C)cc1C. The van der Waals surface area contributed by atoms with E-state index in [1.807, 2.05) is 38.1 Å². The van der Waals surface area contributed by atoms with Gasteiger partial charge in [0.25, 0.3) is 0 Å². The lowest BCUT2D eigenvalue weighted by Crippen LogP contribution is -2.03. The molecule has 0 atom stereocenters. The lowest BCUT2D eigenvalue weighted by molar-refractivity contribution is 0.130. The average molecular weight is 312 g/mol. The van der Waals surface area contributed by atoms with Crippen LogP contribution >= 0.6 is 0 Å². The Morgan fingerprint density at radius 2 is 1.70 bits per heavy atom. The lowest BCUT2D eigenvalue weighted by atomic mass is 10.0. The normalized spacial score (nSPS) is 10.7. The van der Waals surface area contributed by atoms with Crippen molar-refractivity contribution in [2.24, 2.45) is 5.16 Å². The van der Waals surface area contributed by atoms with E-state index in [0.717, 1.165) is 28.9 Å². The zero-order valence-electron chi connectivity index (χ0n) is 14.9. The van der Waals surface area contributed by atoms with E-state index in [9.17, 15) is 0 Å². The van der Waals surface area contributed by atoms with Crippen LogP contribution in [0.3, 0.4) is 0 Å². The second-order valence-corrected chi connectivity index (χ2v) is 5.22. The molecule has 0 aromatic heterocycles. The first-order valence-corrected chi connectivity index (χ1v) is 8.21. The molecule has 0 spiro atoms. The maximum atomic E-state index is 5.66. The third kappa shape index (κ3) is 5.78. The van der Waals surface area contributed by atoms with Gasteiger partial charge >= 0.3 is 0 Å². The smallest absolute Gasteiger partial charge is 0.142 e. The molecule has 3 heteroatoms. The predicted molar refractivity (Wildman–Crippen MR) is 99.7 cm³/mol. The van der Waals surface area contributed by atoms with Crippen LogP contribution in [0.4, 0.5) is 5.69 Å². The number of benzene rings is 2. The van der Waals surface area contributed by atoms with E-state index in [-0.39, 0.29) is 0 Å². The molecule has 0 amide bonds. The van der Waals surface area contributed by atoms with Gasteiger partial charge < -0.3 is 10.6 Å². The fourth-order valence-electron chi connectivity index (χ4n) is 2.24. The van der Waals surface area contributed by atoms with Crippen LogP contribution in [0.5, 0.6) is 0 Å². The number of hydrogen-bond donors (Lipinski definition) is 1. The van der Waals surface area contributed by atoms with E-state index in [1.54, 1.807) is 0 Å². The number of nitrogen functional groups attached to an aromatic ring is 1. The molecular weight excluding hydrogens is 284 g/mol. The van der Waals surface area contributed by atoms with Crippen molar-refractivity contribution in [1.29, 1.82) is 0 Å². The second-order valence-electron chi connectivity index (χ2n) is 5.22. The summed E-state index contributed by atoms with van der Waals surface area (Å²) >= 11 is 0. The van der Waals surface area contributed by atoms with E-state index in [0.29, 0.717) is 6.61 Å². The molecule has 0 heterocycles. The summed E-state index contributed by atoms with van der Waals surface area (Å²) in [6, 6.07) is 14.0. The predicted octanol–water partition coefficient (Wildman–Crippen LogP) is 5.24. The number of hydrogen-bond acceptors (Lipinski definition) is 3. The molecule has 0 unspecified atom stereocenters. The van der Waals surface area contributed by atoms with Crippen molar-refractivity contribution in [3.05, 3.63) is 64.7 Å². The van der Waals surface area contributed by atoms with Gasteiger partial charge in [0.15, 0.2) is 0 Å². The van der Waals surface area contributed by atoms with Crippen molar-refractivity contribution < 1.29 is 4.84 Å². The number of nitrogens with zero attached hydrogens (tertiary/aromatic N) is 1. The summed E-state index contributed by atoms with van der Waals surface area (Å²) in [5.41, 5.74) is 12.1. The number of oxime groups is 1. The van der Waals surface area contributed by atoms with Crippen LogP contribution in [0.1, 0.15) is 49.4 Å². The minimum absolute atomic E-state index is 0.453. The first kappa shape index (κ1) is 18.8. The van der Waals surface area contributed by atoms with E-state index in [4.69, 9.17) is 10.6 Å². The maximum absolute atomic E-state index is 5.66. The number of anilines is 1. The Hall–Kier alpha value is -2.29. The molecule has 2 aromatic rings. The van der Waals surface area contributed by atoms with Crippen molar-refractivity contribution >= 4 is 11.4 Å². The van der Waals surface area contributed by atoms with Crippen molar-refractivity contribution in [2.75, 3.05) is 5.73 Å². The highest BCUT2D eigenvalue weighted by Crippen LogP contribution is 2.14. The Morgan fingerprint density at radius 3 is 2.26 bits per heavy atom. The van der Waals surface area contributed by atoms with Crippen molar-refractivity contribution in [1.82, 2.24) is 0 Å². The van der Waals surface area contributed by atoms with E-state index in [2.05, 4.69) is 44.1 Å². The molecule has 0 saturated carbocycles. The molecule has 0 aliphatic rings. The summed E-state index contributed by atoms with van der Waals surface area (Å²) in [6.45, 7) is 10.7. The molecule has 124 valence electrons. The zero-order chi connectivity index (χ0) is 17.2. The number of aryl methyl sites for hydroxylation is 2. The van der Waals surface area contributed by atoms with Gasteiger partial charge in [-0.15, -0.1) is 0 Å². The highest BCUT2D eigenvalue weighted by molar-refractivity contribution is 6.01. The van der Waals surface area contributed by atoms with Gasteiger partial charge in [-0.05, 0) is 43.5 Å².